The summed E-state index contributed by atoms with van der Waals surface area (Å²) < 4.78 is 29.8. The first kappa shape index (κ1) is 21.2. The van der Waals surface area contributed by atoms with Crippen LogP contribution in [0.5, 0.6) is 5.88 Å². The number of nitrogens with zero attached hydrogens (tertiary/aromatic N) is 1. The number of hydrogen-bond donors (Lipinski definition) is 1. The maximum absolute atomic E-state index is 11.7. The Morgan fingerprint density at radius 2 is 1.77 bits per heavy atom. The standard InChI is InChI=1S/C25H34N2O3S/c28-31(29)10-9-19(17-31)14-26-15-23-12-22-11-20-7-4-8-21(20)13-24(22)27-25(23)30-16-18-5-2-1-3-6-18/h11-13,18-19,26H,1-10,14-17H2. The van der Waals surface area contributed by atoms with E-state index in [2.05, 4.69) is 23.5 Å². The number of ether oxygens (including phenoxy) is 1. The number of hydrogen-bond acceptors (Lipinski definition) is 5. The fraction of sp³-hybridized carbons (Fsp3) is 0.640. The fourth-order valence-corrected chi connectivity index (χ4v) is 7.38. The molecule has 1 aliphatic heterocycles. The second kappa shape index (κ2) is 9.07. The summed E-state index contributed by atoms with van der Waals surface area (Å²) >= 11 is 0. The number of benzene rings is 1. The number of sulfone groups is 1. The van der Waals surface area contributed by atoms with Gasteiger partial charge >= 0.3 is 0 Å². The number of nitrogens with one attached hydrogen (secondary N) is 1. The molecular weight excluding hydrogens is 408 g/mol. The number of rotatable bonds is 7. The SMILES string of the molecule is O=S1(=O)CCC(CNCc2cc3cc4c(cc3nc2OCC2CCCCC2)CCC4)C1. The highest BCUT2D eigenvalue weighted by molar-refractivity contribution is 7.91. The first-order chi connectivity index (χ1) is 15.1. The zero-order valence-electron chi connectivity index (χ0n) is 18.4. The van der Waals surface area contributed by atoms with Crippen molar-refractivity contribution in [2.45, 2.75) is 64.3 Å². The van der Waals surface area contributed by atoms with Gasteiger partial charge in [-0.1, -0.05) is 19.3 Å². The summed E-state index contributed by atoms with van der Waals surface area (Å²) in [5.41, 5.74) is 5.01. The molecule has 6 heteroatoms. The van der Waals surface area contributed by atoms with Gasteiger partial charge in [-0.25, -0.2) is 13.4 Å². The summed E-state index contributed by atoms with van der Waals surface area (Å²) in [6.45, 7) is 2.14. The maximum atomic E-state index is 11.7. The topological polar surface area (TPSA) is 68.3 Å². The molecule has 0 spiro atoms. The van der Waals surface area contributed by atoms with Gasteiger partial charge in [0.05, 0.1) is 23.6 Å². The van der Waals surface area contributed by atoms with E-state index in [1.54, 1.807) is 0 Å². The third kappa shape index (κ3) is 5.06. The van der Waals surface area contributed by atoms with E-state index in [1.807, 2.05) is 0 Å². The molecule has 31 heavy (non-hydrogen) atoms. The van der Waals surface area contributed by atoms with Crippen LogP contribution in [0.1, 0.15) is 61.6 Å². The van der Waals surface area contributed by atoms with Gasteiger partial charge in [0, 0.05) is 17.5 Å². The number of fused-ring (bicyclic) bond motifs is 2. The zero-order valence-corrected chi connectivity index (χ0v) is 19.2. The minimum Gasteiger partial charge on any atom is -0.477 e. The molecule has 1 aromatic carbocycles. The Kier molecular flexibility index (Phi) is 6.20. The smallest absolute Gasteiger partial charge is 0.218 e. The Labute approximate surface area is 185 Å². The lowest BCUT2D eigenvalue weighted by Gasteiger charge is -2.22. The molecular formula is C25H34N2O3S. The number of aromatic nitrogens is 1. The van der Waals surface area contributed by atoms with Gasteiger partial charge in [0.15, 0.2) is 9.84 Å². The van der Waals surface area contributed by atoms with Crippen molar-refractivity contribution in [2.75, 3.05) is 24.7 Å². The van der Waals surface area contributed by atoms with Gasteiger partial charge in [0.1, 0.15) is 0 Å². The van der Waals surface area contributed by atoms with Crippen molar-refractivity contribution in [1.29, 1.82) is 0 Å². The van der Waals surface area contributed by atoms with Gasteiger partial charge in [-0.05, 0) is 86.2 Å². The minimum absolute atomic E-state index is 0.216. The van der Waals surface area contributed by atoms with Gasteiger partial charge in [0.2, 0.25) is 5.88 Å². The molecule has 0 bridgehead atoms. The molecule has 2 heterocycles. The Balaban J connectivity index is 1.33. The summed E-state index contributed by atoms with van der Waals surface area (Å²) in [5, 5.41) is 4.68. The van der Waals surface area contributed by atoms with E-state index in [4.69, 9.17) is 9.72 Å². The number of pyridine rings is 1. The van der Waals surface area contributed by atoms with E-state index in [0.29, 0.717) is 24.0 Å². The fourth-order valence-electron chi connectivity index (χ4n) is 5.52. The van der Waals surface area contributed by atoms with Crippen molar-refractivity contribution in [2.24, 2.45) is 11.8 Å². The molecule has 1 saturated carbocycles. The molecule has 2 aromatic rings. The molecule has 5 nitrogen and oxygen atoms in total. The highest BCUT2D eigenvalue weighted by atomic mass is 32.2. The van der Waals surface area contributed by atoms with Gasteiger partial charge in [-0.2, -0.15) is 0 Å². The van der Waals surface area contributed by atoms with E-state index >= 15 is 0 Å². The monoisotopic (exact) mass is 442 g/mol. The van der Waals surface area contributed by atoms with Gasteiger partial charge in [-0.15, -0.1) is 0 Å². The average molecular weight is 443 g/mol. The summed E-state index contributed by atoms with van der Waals surface area (Å²) in [7, 11) is -2.83. The van der Waals surface area contributed by atoms with Crippen molar-refractivity contribution < 1.29 is 13.2 Å². The molecule has 2 aliphatic carbocycles. The molecule has 1 saturated heterocycles. The minimum atomic E-state index is -2.83. The third-order valence-electron chi connectivity index (χ3n) is 7.32. The van der Waals surface area contributed by atoms with Crippen LogP contribution in [-0.2, 0) is 29.2 Å². The van der Waals surface area contributed by atoms with Crippen LogP contribution >= 0.6 is 0 Å². The van der Waals surface area contributed by atoms with Crippen molar-refractivity contribution in [1.82, 2.24) is 10.3 Å². The molecule has 2 fully saturated rings. The van der Waals surface area contributed by atoms with Gasteiger partial charge in [-0.3, -0.25) is 0 Å². The van der Waals surface area contributed by atoms with E-state index in [9.17, 15) is 8.42 Å². The summed E-state index contributed by atoms with van der Waals surface area (Å²) in [6.07, 6.45) is 10.8. The van der Waals surface area contributed by atoms with Crippen molar-refractivity contribution in [3.63, 3.8) is 0 Å². The first-order valence-electron chi connectivity index (χ1n) is 12.1. The quantitative estimate of drug-likeness (QED) is 0.696. The Morgan fingerprint density at radius 1 is 0.968 bits per heavy atom. The highest BCUT2D eigenvalue weighted by Gasteiger charge is 2.27. The lowest BCUT2D eigenvalue weighted by atomic mass is 9.90. The van der Waals surface area contributed by atoms with E-state index < -0.39 is 9.84 Å². The van der Waals surface area contributed by atoms with Crippen LogP contribution in [0.2, 0.25) is 0 Å². The van der Waals surface area contributed by atoms with Crippen LogP contribution in [0.3, 0.4) is 0 Å². The summed E-state index contributed by atoms with van der Waals surface area (Å²) in [6, 6.07) is 6.80. The predicted octanol–water partition coefficient (Wildman–Crippen LogP) is 4.21. The van der Waals surface area contributed by atoms with Crippen LogP contribution in [0.15, 0.2) is 18.2 Å². The Hall–Kier alpha value is -1.66. The van der Waals surface area contributed by atoms with Crippen molar-refractivity contribution in [3.05, 3.63) is 34.9 Å². The van der Waals surface area contributed by atoms with E-state index in [0.717, 1.165) is 49.4 Å². The molecule has 1 aromatic heterocycles. The maximum Gasteiger partial charge on any atom is 0.218 e. The average Bonchev–Trinajstić information content (AvgIpc) is 3.36. The molecule has 3 aliphatic rings. The molecule has 168 valence electrons. The summed E-state index contributed by atoms with van der Waals surface area (Å²) in [4.78, 5) is 4.95. The van der Waals surface area contributed by atoms with Crippen LogP contribution in [0.4, 0.5) is 0 Å². The molecule has 1 N–H and O–H groups in total. The van der Waals surface area contributed by atoms with Crippen LogP contribution in [0.25, 0.3) is 10.9 Å². The molecule has 1 unspecified atom stereocenters. The third-order valence-corrected chi connectivity index (χ3v) is 9.16. The van der Waals surface area contributed by atoms with E-state index in [-0.39, 0.29) is 5.92 Å². The normalized spacial score (nSPS) is 23.3. The molecule has 1 atom stereocenters. The lowest BCUT2D eigenvalue weighted by Crippen LogP contribution is -2.24. The van der Waals surface area contributed by atoms with Gasteiger partial charge in [0.25, 0.3) is 0 Å². The van der Waals surface area contributed by atoms with Crippen molar-refractivity contribution >= 4 is 20.7 Å². The van der Waals surface area contributed by atoms with Crippen LogP contribution < -0.4 is 10.1 Å². The van der Waals surface area contributed by atoms with Gasteiger partial charge < -0.3 is 10.1 Å². The second-order valence-corrected chi connectivity index (χ2v) is 12.1. The van der Waals surface area contributed by atoms with Crippen molar-refractivity contribution in [3.8, 4) is 5.88 Å². The predicted molar refractivity (Wildman–Crippen MR) is 124 cm³/mol. The summed E-state index contributed by atoms with van der Waals surface area (Å²) in [5.74, 6) is 2.25. The Bertz CT molecular complexity index is 1040. The number of aryl methyl sites for hydroxylation is 2. The lowest BCUT2D eigenvalue weighted by molar-refractivity contribution is 0.201. The molecule has 5 rings (SSSR count). The van der Waals surface area contributed by atoms with Crippen LogP contribution in [-0.4, -0.2) is 38.1 Å². The molecule has 0 radical (unpaired) electrons. The highest BCUT2D eigenvalue weighted by Crippen LogP contribution is 2.31. The largest absolute Gasteiger partial charge is 0.477 e. The van der Waals surface area contributed by atoms with E-state index in [1.165, 1.54) is 55.0 Å². The molecule has 0 amide bonds. The zero-order chi connectivity index (χ0) is 21.3. The second-order valence-electron chi connectivity index (χ2n) is 9.83. The Morgan fingerprint density at radius 3 is 2.55 bits per heavy atom. The first-order valence-corrected chi connectivity index (χ1v) is 13.9. The van der Waals surface area contributed by atoms with Crippen LogP contribution in [0, 0.1) is 11.8 Å².